The van der Waals surface area contributed by atoms with E-state index in [0.717, 1.165) is 18.4 Å². The van der Waals surface area contributed by atoms with Crippen LogP contribution in [0, 0.1) is 0 Å². The van der Waals surface area contributed by atoms with Crippen LogP contribution in [0.25, 0.3) is 5.47 Å². The van der Waals surface area contributed by atoms with Crippen molar-refractivity contribution in [3.63, 3.8) is 0 Å². The summed E-state index contributed by atoms with van der Waals surface area (Å²) < 4.78 is 0. The number of benzene rings is 1. The summed E-state index contributed by atoms with van der Waals surface area (Å²) in [5.74, 6) is 0.302. The summed E-state index contributed by atoms with van der Waals surface area (Å²) in [6.07, 6.45) is 6.21. The molecule has 0 amide bonds. The third-order valence-corrected chi connectivity index (χ3v) is 3.67. The molecule has 1 aromatic rings. The van der Waals surface area contributed by atoms with E-state index in [-0.39, 0.29) is 0 Å². The van der Waals surface area contributed by atoms with Gasteiger partial charge < -0.3 is 0 Å². The van der Waals surface area contributed by atoms with E-state index < -0.39 is 0 Å². The average Bonchev–Trinajstić information content (AvgIpc) is 2.71. The number of hydrogen-bond donors (Lipinski definition) is 0. The minimum absolute atomic E-state index is 0.302. The van der Waals surface area contributed by atoms with E-state index in [2.05, 4.69) is 32.1 Å². The molecule has 0 unspecified atom stereocenters. The third kappa shape index (κ3) is 1.92. The summed E-state index contributed by atoms with van der Waals surface area (Å²) in [5.41, 5.74) is 6.18. The first-order valence-corrected chi connectivity index (χ1v) is 6.28. The molecule has 0 saturated heterocycles. The topological polar surface area (TPSA) is 17.1 Å². The fraction of sp³-hybridized carbons (Fsp3) is 0.333. The maximum absolute atomic E-state index is 11.6. The van der Waals surface area contributed by atoms with E-state index in [1.165, 1.54) is 28.5 Å². The molecule has 0 aromatic heterocycles. The number of rotatable bonds is 1. The molecule has 1 heterocycles. The number of hydrogen-bond acceptors (Lipinski definition) is 1. The third-order valence-electron chi connectivity index (χ3n) is 3.67. The van der Waals surface area contributed by atoms with Crippen LogP contribution < -0.4 is 0 Å². The number of ketones is 1. The monoisotopic (exact) mass is 222 g/mol. The fourth-order valence-electron chi connectivity index (χ4n) is 2.69. The Morgan fingerprint density at radius 2 is 2.06 bits per heavy atom. The van der Waals surface area contributed by atoms with Gasteiger partial charge in [0.25, 0.3) is 0 Å². The molecule has 0 spiro atoms. The van der Waals surface area contributed by atoms with Crippen LogP contribution in [0.2, 0.25) is 0 Å². The molecule has 84 valence electrons. The zero-order chi connectivity index (χ0) is 11.8. The molecule has 1 nitrogen and oxygen atoms in total. The number of Topliss-reactive ketones (excluding diaryl/α,β-unsaturated/α-hetero) is 1. The van der Waals surface area contributed by atoms with Crippen LogP contribution in [0.4, 0.5) is 0 Å². The molecule has 2 aliphatic rings. The first-order valence-electron chi connectivity index (χ1n) is 6.28. The van der Waals surface area contributed by atoms with Gasteiger partial charge >= 0.3 is 102 Å². The van der Waals surface area contributed by atoms with Gasteiger partial charge in [-0.3, -0.25) is 0 Å². The molecule has 1 aliphatic heterocycles. The second-order valence-corrected chi connectivity index (χ2v) is 4.98. The molecule has 0 N–H and O–H groups in total. The molecule has 1 aliphatic carbocycles. The quantitative estimate of drug-likeness (QED) is 0.667. The summed E-state index contributed by atoms with van der Waals surface area (Å²) in [7, 11) is 0. The van der Waals surface area contributed by atoms with Crippen molar-refractivity contribution in [2.45, 2.75) is 32.6 Å². The number of carbonyl (C=O) groups excluding carboxylic acids is 1. The van der Waals surface area contributed by atoms with Gasteiger partial charge in [-0.2, -0.15) is 0 Å². The molecule has 1 aromatic carbocycles. The van der Waals surface area contributed by atoms with Gasteiger partial charge in [-0.05, 0) is 0 Å². The zero-order valence-corrected chi connectivity index (χ0v) is 10.1. The number of fused-ring (bicyclic) bond motifs is 1. The summed E-state index contributed by atoms with van der Waals surface area (Å²) >= 11 is 0. The first kappa shape index (κ1) is 10.7. The molecule has 0 saturated carbocycles. The van der Waals surface area contributed by atoms with Gasteiger partial charge in [0.15, 0.2) is 0 Å². The van der Waals surface area contributed by atoms with Crippen molar-refractivity contribution in [2.75, 3.05) is 0 Å². The predicted molar refractivity (Wildman–Crippen MR) is 72.7 cm³/mol. The van der Waals surface area contributed by atoms with Gasteiger partial charge in [0.1, 0.15) is 0 Å². The van der Waals surface area contributed by atoms with Crippen LogP contribution in [0.15, 0.2) is 24.3 Å². The van der Waals surface area contributed by atoms with E-state index in [0.29, 0.717) is 12.2 Å². The molecule has 0 bridgehead atoms. The predicted octanol–water partition coefficient (Wildman–Crippen LogP) is 2.85. The van der Waals surface area contributed by atoms with Gasteiger partial charge in [-0.1, -0.05) is 0 Å². The average molecular weight is 222 g/mol. The molecule has 2 heteroatoms. The van der Waals surface area contributed by atoms with E-state index in [9.17, 15) is 4.79 Å². The SMILES string of the molecule is CC1=BC(c2ccc3c(c2)CCC3=O)=CCC1. The Bertz CT molecular complexity index is 552. The minimum atomic E-state index is 0.302. The summed E-state index contributed by atoms with van der Waals surface area (Å²) in [5, 5.41) is 0. The van der Waals surface area contributed by atoms with Crippen molar-refractivity contribution < 1.29 is 4.79 Å². The number of carbonyl (C=O) groups is 1. The molecular weight excluding hydrogens is 207 g/mol. The Morgan fingerprint density at radius 1 is 1.18 bits per heavy atom. The Morgan fingerprint density at radius 3 is 2.88 bits per heavy atom. The standard InChI is InChI=1S/C15H15BO/c1-10-3-2-4-14(16-10)12-5-7-13-11(9-12)6-8-15(13)17/h4-5,7,9H,2-3,6,8H2,1H3. The Hall–Kier alpha value is -1.44. The van der Waals surface area contributed by atoms with Gasteiger partial charge in [0.2, 0.25) is 0 Å². The van der Waals surface area contributed by atoms with Crippen LogP contribution in [0.1, 0.15) is 47.7 Å². The van der Waals surface area contributed by atoms with Crippen molar-refractivity contribution in [2.24, 2.45) is 0 Å². The Kier molecular flexibility index (Phi) is 2.58. The number of allylic oxidation sites excluding steroid dienone is 1. The molecule has 0 fully saturated rings. The van der Waals surface area contributed by atoms with Crippen molar-refractivity contribution >= 4 is 23.6 Å². The van der Waals surface area contributed by atoms with Gasteiger partial charge in [-0.25, -0.2) is 0 Å². The molecule has 0 radical (unpaired) electrons. The Balaban J connectivity index is 2.01. The molecule has 17 heavy (non-hydrogen) atoms. The van der Waals surface area contributed by atoms with Crippen LogP contribution in [-0.4, -0.2) is 18.2 Å². The van der Waals surface area contributed by atoms with Crippen molar-refractivity contribution in [1.29, 1.82) is 0 Å². The Labute approximate surface area is 102 Å². The molecule has 0 atom stereocenters. The summed E-state index contributed by atoms with van der Waals surface area (Å²) in [4.78, 5) is 11.6. The van der Waals surface area contributed by atoms with Gasteiger partial charge in [-0.15, -0.1) is 0 Å². The fourth-order valence-corrected chi connectivity index (χ4v) is 2.69. The normalized spacial score (nSPS) is 18.3. The van der Waals surface area contributed by atoms with Crippen molar-refractivity contribution in [1.82, 2.24) is 0 Å². The summed E-state index contributed by atoms with van der Waals surface area (Å²) in [6, 6.07) is 6.28. The van der Waals surface area contributed by atoms with Crippen molar-refractivity contribution in [3.8, 4) is 0 Å². The number of aryl methyl sites for hydroxylation is 1. The zero-order valence-electron chi connectivity index (χ0n) is 10.1. The van der Waals surface area contributed by atoms with Crippen LogP contribution in [-0.2, 0) is 6.42 Å². The molecule has 3 rings (SSSR count). The second kappa shape index (κ2) is 4.10. The van der Waals surface area contributed by atoms with Crippen molar-refractivity contribution in [3.05, 3.63) is 41.0 Å². The van der Waals surface area contributed by atoms with Gasteiger partial charge in [0, 0.05) is 0 Å². The summed E-state index contributed by atoms with van der Waals surface area (Å²) in [6.45, 7) is 4.45. The van der Waals surface area contributed by atoms with E-state index in [4.69, 9.17) is 0 Å². The first-order chi connectivity index (χ1) is 8.24. The molecular formula is C15H15BO. The van der Waals surface area contributed by atoms with E-state index >= 15 is 0 Å². The van der Waals surface area contributed by atoms with Crippen LogP contribution in [0.5, 0.6) is 0 Å². The second-order valence-electron chi connectivity index (χ2n) is 4.98. The van der Waals surface area contributed by atoms with E-state index in [1.54, 1.807) is 0 Å². The maximum atomic E-state index is 11.6. The van der Waals surface area contributed by atoms with E-state index in [1.807, 2.05) is 6.07 Å². The van der Waals surface area contributed by atoms with Crippen LogP contribution in [0.3, 0.4) is 0 Å². The van der Waals surface area contributed by atoms with Crippen LogP contribution >= 0.6 is 0 Å². The van der Waals surface area contributed by atoms with Gasteiger partial charge in [0.05, 0.1) is 0 Å².